The Hall–Kier alpha value is -3.56. The largest absolute Gasteiger partial charge is 0.493 e. The zero-order chi connectivity index (χ0) is 21.9. The highest BCUT2D eigenvalue weighted by molar-refractivity contribution is 5.97. The molecule has 0 saturated carbocycles. The molecule has 0 spiro atoms. The number of alkyl halides is 3. The topological polar surface area (TPSA) is 85.2 Å². The highest BCUT2D eigenvalue weighted by Gasteiger charge is 2.41. The van der Waals surface area contributed by atoms with Gasteiger partial charge in [-0.25, -0.2) is 9.78 Å². The molecule has 2 N–H and O–H groups in total. The van der Waals surface area contributed by atoms with Crippen molar-refractivity contribution < 1.29 is 22.8 Å². The van der Waals surface area contributed by atoms with Crippen LogP contribution in [-0.4, -0.2) is 40.5 Å². The third-order valence-electron chi connectivity index (χ3n) is 4.50. The molecule has 0 aliphatic heterocycles. The summed E-state index contributed by atoms with van der Waals surface area (Å²) in [5.41, 5.74) is 9.27. The number of benzene rings is 1. The zero-order valence-electron chi connectivity index (χ0n) is 16.3. The normalized spacial score (nSPS) is 12.2. The van der Waals surface area contributed by atoms with E-state index >= 15 is 0 Å². The summed E-state index contributed by atoms with van der Waals surface area (Å²) in [5.74, 6) is -2.81. The molecular formula is C20H20F3N5O2. The van der Waals surface area contributed by atoms with E-state index in [1.165, 1.54) is 12.3 Å². The molecule has 3 rings (SSSR count). The molecule has 30 heavy (non-hydrogen) atoms. The van der Waals surface area contributed by atoms with Crippen molar-refractivity contribution in [1.82, 2.24) is 9.38 Å². The van der Waals surface area contributed by atoms with Gasteiger partial charge in [-0.3, -0.25) is 0 Å². The molecule has 1 aromatic carbocycles. The summed E-state index contributed by atoms with van der Waals surface area (Å²) in [7, 11) is 0. The van der Waals surface area contributed by atoms with E-state index in [9.17, 15) is 18.0 Å². The lowest BCUT2D eigenvalue weighted by molar-refractivity contribution is -0.199. The molecule has 7 nitrogen and oxygen atoms in total. The van der Waals surface area contributed by atoms with Crippen LogP contribution >= 0.6 is 0 Å². The lowest BCUT2D eigenvalue weighted by atomic mass is 10.1. The van der Waals surface area contributed by atoms with Gasteiger partial charge in [0.25, 0.3) is 0 Å². The smallest absolute Gasteiger partial charge is 0.380 e. The summed E-state index contributed by atoms with van der Waals surface area (Å²) in [6.45, 7) is 6.01. The Morgan fingerprint density at radius 1 is 1.13 bits per heavy atom. The number of rotatable bonds is 6. The highest BCUT2D eigenvalue weighted by atomic mass is 19.4. The van der Waals surface area contributed by atoms with Crippen LogP contribution in [0.1, 0.15) is 19.4 Å². The second-order valence-electron chi connectivity index (χ2n) is 6.38. The van der Waals surface area contributed by atoms with Crippen LogP contribution in [0.4, 0.5) is 18.9 Å². The molecule has 0 unspecified atom stereocenters. The summed E-state index contributed by atoms with van der Waals surface area (Å²) < 4.78 is 38.2. The lowest BCUT2D eigenvalue weighted by Crippen LogP contribution is -2.25. The average Bonchev–Trinajstić information content (AvgIpc) is 3.15. The van der Waals surface area contributed by atoms with Crippen LogP contribution in [0.2, 0.25) is 0 Å². The minimum absolute atomic E-state index is 0.276. The Labute approximate surface area is 170 Å². The van der Waals surface area contributed by atoms with Gasteiger partial charge in [-0.2, -0.15) is 13.2 Å². The molecule has 0 radical (unpaired) electrons. The minimum Gasteiger partial charge on any atom is -0.380 e. The van der Waals surface area contributed by atoms with Gasteiger partial charge in [0.2, 0.25) is 0 Å². The van der Waals surface area contributed by atoms with Gasteiger partial charge in [0, 0.05) is 42.3 Å². The molecular weight excluding hydrogens is 399 g/mol. The Kier molecular flexibility index (Phi) is 5.95. The van der Waals surface area contributed by atoms with Gasteiger partial charge in [-0.05, 0) is 38.1 Å². The molecule has 0 bridgehead atoms. The fourth-order valence-electron chi connectivity index (χ4n) is 2.91. The van der Waals surface area contributed by atoms with E-state index in [-0.39, 0.29) is 11.4 Å². The van der Waals surface area contributed by atoms with Crippen molar-refractivity contribution in [3.8, 4) is 11.3 Å². The number of carbonyl (C=O) groups is 1. The number of hydrogen-bond acceptors (Lipinski definition) is 5. The molecule has 0 saturated heterocycles. The quantitative estimate of drug-likeness (QED) is 0.286. The lowest BCUT2D eigenvalue weighted by Gasteiger charge is -2.20. The number of pyridine rings is 1. The number of nitrogens with two attached hydrogens (primary N) is 1. The third-order valence-corrected chi connectivity index (χ3v) is 4.50. The second kappa shape index (κ2) is 8.44. The Morgan fingerprint density at radius 2 is 1.80 bits per heavy atom. The Balaban J connectivity index is 1.83. The highest BCUT2D eigenvalue weighted by Crippen LogP contribution is 2.23. The number of imidazole rings is 1. The molecule has 0 fully saturated rings. The van der Waals surface area contributed by atoms with Gasteiger partial charge in [0.15, 0.2) is 5.84 Å². The predicted octanol–water partition coefficient (Wildman–Crippen LogP) is 3.57. The molecule has 2 heterocycles. The number of anilines is 1. The zero-order valence-corrected chi connectivity index (χ0v) is 16.3. The number of fused-ring (bicyclic) bond motifs is 1. The van der Waals surface area contributed by atoms with Crippen molar-refractivity contribution in [3.63, 3.8) is 0 Å². The first-order chi connectivity index (χ1) is 14.2. The first-order valence-corrected chi connectivity index (χ1v) is 9.19. The maximum Gasteiger partial charge on any atom is 0.493 e. The van der Waals surface area contributed by atoms with Gasteiger partial charge >= 0.3 is 12.1 Å². The fourth-order valence-corrected chi connectivity index (χ4v) is 2.91. The van der Waals surface area contributed by atoms with E-state index in [1.54, 1.807) is 16.7 Å². The Morgan fingerprint density at radius 3 is 2.40 bits per heavy atom. The molecule has 0 aliphatic rings. The number of carbonyl (C=O) groups excluding carboxylic acids is 1. The molecule has 0 aliphatic carbocycles. The summed E-state index contributed by atoms with van der Waals surface area (Å²) in [6.07, 6.45) is -1.84. The maximum absolute atomic E-state index is 12.2. The summed E-state index contributed by atoms with van der Waals surface area (Å²) in [5, 5.41) is 3.06. The van der Waals surface area contributed by atoms with Crippen molar-refractivity contribution >= 4 is 23.1 Å². The Bertz CT molecular complexity index is 1070. The molecule has 2 aromatic heterocycles. The van der Waals surface area contributed by atoms with Crippen LogP contribution < -0.4 is 10.6 Å². The van der Waals surface area contributed by atoms with Crippen molar-refractivity contribution in [1.29, 1.82) is 0 Å². The number of amidine groups is 1. The van der Waals surface area contributed by atoms with Crippen LogP contribution in [0.15, 0.2) is 53.9 Å². The first kappa shape index (κ1) is 21.2. The summed E-state index contributed by atoms with van der Waals surface area (Å²) in [4.78, 5) is 21.3. The fraction of sp³-hybridized carbons (Fsp3) is 0.250. The maximum atomic E-state index is 12.2. The van der Waals surface area contributed by atoms with Gasteiger partial charge in [-0.15, -0.1) is 0 Å². The number of halogens is 3. The van der Waals surface area contributed by atoms with E-state index in [4.69, 9.17) is 5.73 Å². The monoisotopic (exact) mass is 419 g/mol. The number of nitrogens with zero attached hydrogens (tertiary/aromatic N) is 4. The van der Waals surface area contributed by atoms with E-state index in [1.807, 2.05) is 24.3 Å². The van der Waals surface area contributed by atoms with Crippen LogP contribution in [-0.2, 0) is 9.63 Å². The van der Waals surface area contributed by atoms with Crippen LogP contribution in [0.3, 0.4) is 0 Å². The molecule has 3 aromatic rings. The van der Waals surface area contributed by atoms with Gasteiger partial charge in [0.05, 0.1) is 5.69 Å². The van der Waals surface area contributed by atoms with Crippen LogP contribution in [0.25, 0.3) is 16.9 Å². The van der Waals surface area contributed by atoms with E-state index in [2.05, 4.69) is 33.7 Å². The molecule has 158 valence electrons. The molecule has 0 amide bonds. The standard InChI is InChI=1S/C20H20F3N5O2/c1-3-27(4-2)15-8-5-13(6-9-15)16-12-28-11-14(7-10-17(28)25-16)18(24)26-30-19(29)20(21,22)23/h5-12H,3-4H2,1-2H3,(H2,24,26). The molecule has 0 atom stereocenters. The van der Waals surface area contributed by atoms with Crippen molar-refractivity contribution in [3.05, 3.63) is 54.4 Å². The summed E-state index contributed by atoms with van der Waals surface area (Å²) >= 11 is 0. The third kappa shape index (κ3) is 4.53. The predicted molar refractivity (Wildman–Crippen MR) is 107 cm³/mol. The van der Waals surface area contributed by atoms with E-state index in [0.29, 0.717) is 5.65 Å². The van der Waals surface area contributed by atoms with Gasteiger partial charge < -0.3 is 19.9 Å². The van der Waals surface area contributed by atoms with E-state index < -0.39 is 12.1 Å². The second-order valence-corrected chi connectivity index (χ2v) is 6.38. The number of aromatic nitrogens is 2. The molecule has 10 heteroatoms. The minimum atomic E-state index is -5.15. The van der Waals surface area contributed by atoms with Crippen molar-refractivity contribution in [2.45, 2.75) is 20.0 Å². The first-order valence-electron chi connectivity index (χ1n) is 9.19. The average molecular weight is 419 g/mol. The van der Waals surface area contributed by atoms with Crippen LogP contribution in [0, 0.1) is 0 Å². The summed E-state index contributed by atoms with van der Waals surface area (Å²) in [6, 6.07) is 11.2. The van der Waals surface area contributed by atoms with E-state index in [0.717, 1.165) is 30.0 Å². The van der Waals surface area contributed by atoms with Crippen molar-refractivity contribution in [2.24, 2.45) is 10.9 Å². The SMILES string of the molecule is CCN(CC)c1ccc(-c2cn3cc(C(N)=NOC(=O)C(F)(F)F)ccc3n2)cc1. The van der Waals surface area contributed by atoms with Gasteiger partial charge in [0.1, 0.15) is 5.65 Å². The number of oxime groups is 1. The van der Waals surface area contributed by atoms with Crippen LogP contribution in [0.5, 0.6) is 0 Å². The van der Waals surface area contributed by atoms with Crippen molar-refractivity contribution in [2.75, 3.05) is 18.0 Å². The van der Waals surface area contributed by atoms with Gasteiger partial charge in [-0.1, -0.05) is 17.3 Å². The number of hydrogen-bond donors (Lipinski definition) is 1.